The standard InChI is InChI=1S/C10H15FN2O3S/c1-12(2)17(15,16)7-3-6-13-8-9(11)4-5-10(13)14/h4-5,8H,3,6-7H2,1-2H3. The van der Waals surface area contributed by atoms with Crippen LogP contribution in [0.3, 0.4) is 0 Å². The topological polar surface area (TPSA) is 59.4 Å². The molecule has 0 aromatic carbocycles. The molecule has 0 aliphatic heterocycles. The van der Waals surface area contributed by atoms with Crippen LogP contribution in [0, 0.1) is 5.82 Å². The van der Waals surface area contributed by atoms with Gasteiger partial charge >= 0.3 is 0 Å². The van der Waals surface area contributed by atoms with Crippen molar-refractivity contribution >= 4 is 10.0 Å². The molecule has 5 nitrogen and oxygen atoms in total. The highest BCUT2D eigenvalue weighted by Gasteiger charge is 2.12. The lowest BCUT2D eigenvalue weighted by Crippen LogP contribution is -2.27. The molecule has 7 heteroatoms. The molecule has 17 heavy (non-hydrogen) atoms. The lowest BCUT2D eigenvalue weighted by atomic mass is 10.4. The average molecular weight is 262 g/mol. The minimum absolute atomic E-state index is 0.0665. The number of rotatable bonds is 5. The molecule has 0 spiro atoms. The van der Waals surface area contributed by atoms with Gasteiger partial charge in [0.15, 0.2) is 0 Å². The van der Waals surface area contributed by atoms with Crippen LogP contribution in [0.4, 0.5) is 4.39 Å². The summed E-state index contributed by atoms with van der Waals surface area (Å²) < 4.78 is 38.0. The van der Waals surface area contributed by atoms with Gasteiger partial charge in [-0.1, -0.05) is 0 Å². The SMILES string of the molecule is CN(C)S(=O)(=O)CCCn1cc(F)ccc1=O. The number of hydrogen-bond donors (Lipinski definition) is 0. The first-order chi connectivity index (χ1) is 7.83. The van der Waals surface area contributed by atoms with Crippen LogP contribution in [-0.4, -0.2) is 37.1 Å². The lowest BCUT2D eigenvalue weighted by molar-refractivity contribution is 0.512. The molecule has 0 bridgehead atoms. The molecule has 1 rings (SSSR count). The molecular formula is C10H15FN2O3S. The van der Waals surface area contributed by atoms with Crippen LogP contribution in [0.5, 0.6) is 0 Å². The van der Waals surface area contributed by atoms with E-state index in [9.17, 15) is 17.6 Å². The minimum Gasteiger partial charge on any atom is -0.313 e. The summed E-state index contributed by atoms with van der Waals surface area (Å²) in [7, 11) is -0.371. The summed E-state index contributed by atoms with van der Waals surface area (Å²) in [6, 6.07) is 2.20. The van der Waals surface area contributed by atoms with Gasteiger partial charge in [-0.15, -0.1) is 0 Å². The van der Waals surface area contributed by atoms with Gasteiger partial charge in [0, 0.05) is 32.9 Å². The number of nitrogens with zero attached hydrogens (tertiary/aromatic N) is 2. The first-order valence-corrected chi connectivity index (χ1v) is 6.70. The number of aromatic nitrogens is 1. The van der Waals surface area contributed by atoms with E-state index in [-0.39, 0.29) is 24.3 Å². The van der Waals surface area contributed by atoms with Crippen molar-refractivity contribution in [3.05, 3.63) is 34.5 Å². The number of halogens is 1. The van der Waals surface area contributed by atoms with Gasteiger partial charge in [-0.3, -0.25) is 4.79 Å². The summed E-state index contributed by atoms with van der Waals surface area (Å²) in [6.07, 6.45) is 1.34. The van der Waals surface area contributed by atoms with Crippen LogP contribution >= 0.6 is 0 Å². The molecule has 0 amide bonds. The maximum atomic E-state index is 12.9. The van der Waals surface area contributed by atoms with Crippen LogP contribution < -0.4 is 5.56 Å². The van der Waals surface area contributed by atoms with E-state index >= 15 is 0 Å². The minimum atomic E-state index is -3.27. The van der Waals surface area contributed by atoms with Gasteiger partial charge in [-0.05, 0) is 12.5 Å². The van der Waals surface area contributed by atoms with Gasteiger partial charge in [0.25, 0.3) is 5.56 Å². The third-order valence-corrected chi connectivity index (χ3v) is 4.22. The van der Waals surface area contributed by atoms with E-state index < -0.39 is 15.8 Å². The lowest BCUT2D eigenvalue weighted by Gasteiger charge is -2.11. The Morgan fingerprint density at radius 1 is 1.35 bits per heavy atom. The van der Waals surface area contributed by atoms with Gasteiger partial charge in [-0.25, -0.2) is 17.1 Å². The summed E-state index contributed by atoms with van der Waals surface area (Å²) in [5.41, 5.74) is -0.339. The second-order valence-corrected chi connectivity index (χ2v) is 6.13. The third-order valence-electron chi connectivity index (χ3n) is 2.31. The summed E-state index contributed by atoms with van der Waals surface area (Å²) in [5.74, 6) is -0.580. The van der Waals surface area contributed by atoms with Crippen LogP contribution in [-0.2, 0) is 16.6 Å². The van der Waals surface area contributed by atoms with Crippen LogP contribution in [0.15, 0.2) is 23.1 Å². The summed E-state index contributed by atoms with van der Waals surface area (Å²) in [5, 5.41) is 0. The zero-order chi connectivity index (χ0) is 13.1. The highest BCUT2D eigenvalue weighted by molar-refractivity contribution is 7.89. The Kier molecular flexibility index (Phi) is 4.41. The zero-order valence-electron chi connectivity index (χ0n) is 9.76. The maximum Gasteiger partial charge on any atom is 0.250 e. The van der Waals surface area contributed by atoms with Crippen molar-refractivity contribution < 1.29 is 12.8 Å². The molecule has 96 valence electrons. The predicted octanol–water partition coefficient (Wildman–Crippen LogP) is 0.269. The van der Waals surface area contributed by atoms with E-state index in [1.807, 2.05) is 0 Å². The van der Waals surface area contributed by atoms with Crippen molar-refractivity contribution in [3.8, 4) is 0 Å². The molecule has 1 aromatic heterocycles. The van der Waals surface area contributed by atoms with E-state index in [2.05, 4.69) is 0 Å². The highest BCUT2D eigenvalue weighted by Crippen LogP contribution is 1.99. The Bertz CT molecular complexity index is 537. The normalized spacial score (nSPS) is 12.0. The fraction of sp³-hybridized carbons (Fsp3) is 0.500. The predicted molar refractivity (Wildman–Crippen MR) is 62.8 cm³/mol. The van der Waals surface area contributed by atoms with Gasteiger partial charge in [0.1, 0.15) is 5.82 Å². The first kappa shape index (κ1) is 13.9. The number of pyridine rings is 1. The fourth-order valence-electron chi connectivity index (χ4n) is 1.28. The molecule has 1 heterocycles. The fourth-order valence-corrected chi connectivity index (χ4v) is 2.14. The first-order valence-electron chi connectivity index (χ1n) is 5.09. The van der Waals surface area contributed by atoms with Crippen molar-refractivity contribution in [2.75, 3.05) is 19.8 Å². The second kappa shape index (κ2) is 5.42. The zero-order valence-corrected chi connectivity index (χ0v) is 10.6. The molecule has 0 saturated heterocycles. The number of hydrogen-bond acceptors (Lipinski definition) is 3. The molecule has 1 aromatic rings. The maximum absolute atomic E-state index is 12.9. The Morgan fingerprint density at radius 2 is 2.00 bits per heavy atom. The molecule has 0 saturated carbocycles. The second-order valence-electron chi connectivity index (χ2n) is 3.83. The van der Waals surface area contributed by atoms with Crippen molar-refractivity contribution in [2.24, 2.45) is 0 Å². The molecule has 0 radical (unpaired) electrons. The third kappa shape index (κ3) is 3.94. The summed E-state index contributed by atoms with van der Waals surface area (Å²) in [4.78, 5) is 11.3. The van der Waals surface area contributed by atoms with Gasteiger partial charge in [0.05, 0.1) is 5.75 Å². The summed E-state index contributed by atoms with van der Waals surface area (Å²) in [6.45, 7) is 0.184. The molecule has 0 unspecified atom stereocenters. The van der Waals surface area contributed by atoms with Crippen molar-refractivity contribution in [1.82, 2.24) is 8.87 Å². The van der Waals surface area contributed by atoms with E-state index in [4.69, 9.17) is 0 Å². The van der Waals surface area contributed by atoms with Crippen molar-refractivity contribution in [1.29, 1.82) is 0 Å². The molecule has 0 fully saturated rings. The molecule has 0 N–H and O–H groups in total. The Balaban J connectivity index is 2.64. The van der Waals surface area contributed by atoms with Crippen LogP contribution in [0.25, 0.3) is 0 Å². The highest BCUT2D eigenvalue weighted by atomic mass is 32.2. The van der Waals surface area contributed by atoms with Crippen LogP contribution in [0.2, 0.25) is 0 Å². The molecular weight excluding hydrogens is 247 g/mol. The average Bonchev–Trinajstić information content (AvgIpc) is 2.22. The van der Waals surface area contributed by atoms with E-state index in [1.165, 1.54) is 18.7 Å². The van der Waals surface area contributed by atoms with Gasteiger partial charge in [-0.2, -0.15) is 0 Å². The van der Waals surface area contributed by atoms with E-state index in [0.717, 1.165) is 22.6 Å². The quantitative estimate of drug-likeness (QED) is 0.765. The summed E-state index contributed by atoms with van der Waals surface area (Å²) >= 11 is 0. The monoisotopic (exact) mass is 262 g/mol. The molecule has 0 aliphatic rings. The van der Waals surface area contributed by atoms with Crippen molar-refractivity contribution in [2.45, 2.75) is 13.0 Å². The largest absolute Gasteiger partial charge is 0.313 e. The van der Waals surface area contributed by atoms with E-state index in [1.54, 1.807) is 0 Å². The van der Waals surface area contributed by atoms with Gasteiger partial charge < -0.3 is 4.57 Å². The van der Waals surface area contributed by atoms with Crippen LogP contribution in [0.1, 0.15) is 6.42 Å². The van der Waals surface area contributed by atoms with E-state index in [0.29, 0.717) is 0 Å². The molecule has 0 aliphatic carbocycles. The number of sulfonamides is 1. The van der Waals surface area contributed by atoms with Gasteiger partial charge in [0.2, 0.25) is 10.0 Å². The Labute approximate surface area is 99.5 Å². The Hall–Kier alpha value is -1.21. The Morgan fingerprint density at radius 3 is 2.59 bits per heavy atom. The molecule has 0 atom stereocenters. The smallest absolute Gasteiger partial charge is 0.250 e. The van der Waals surface area contributed by atoms with Crippen molar-refractivity contribution in [3.63, 3.8) is 0 Å². The number of aryl methyl sites for hydroxylation is 1.